The third-order valence-electron chi connectivity index (χ3n) is 4.05. The van der Waals surface area contributed by atoms with Crippen LogP contribution in [-0.4, -0.2) is 48.6 Å². The smallest absolute Gasteiger partial charge is 0.225 e. The van der Waals surface area contributed by atoms with Crippen molar-refractivity contribution in [2.75, 3.05) is 38.6 Å². The molecule has 3 rings (SSSR count). The maximum atomic E-state index is 13.6. The molecule has 1 N–H and O–H groups in total. The summed E-state index contributed by atoms with van der Waals surface area (Å²) in [5.41, 5.74) is 1.98. The predicted molar refractivity (Wildman–Crippen MR) is 96.0 cm³/mol. The molecule has 0 spiro atoms. The summed E-state index contributed by atoms with van der Waals surface area (Å²) in [6.45, 7) is 3.38. The Bertz CT molecular complexity index is 667. The lowest BCUT2D eigenvalue weighted by Gasteiger charge is -2.36. The molecule has 1 aliphatic heterocycles. The number of halogens is 2. The molecule has 0 aliphatic carbocycles. The second kappa shape index (κ2) is 8.37. The molecule has 1 unspecified atom stereocenters. The van der Waals surface area contributed by atoms with Gasteiger partial charge in [0.2, 0.25) is 5.95 Å². The third-order valence-corrected chi connectivity index (χ3v) is 4.05. The quantitative estimate of drug-likeness (QED) is 0.915. The molecular weight excluding hydrogens is 329 g/mol. The van der Waals surface area contributed by atoms with Gasteiger partial charge < -0.3 is 10.2 Å². The second-order valence-electron chi connectivity index (χ2n) is 5.99. The van der Waals surface area contributed by atoms with Crippen molar-refractivity contribution in [2.24, 2.45) is 0 Å². The molecule has 1 fully saturated rings. The van der Waals surface area contributed by atoms with Gasteiger partial charge in [-0.25, -0.2) is 14.4 Å². The molecule has 1 aromatic heterocycles. The third kappa shape index (κ3) is 4.41. The Balaban J connectivity index is 0.00000208. The lowest BCUT2D eigenvalue weighted by molar-refractivity contribution is 0.151. The molecule has 0 saturated carbocycles. The number of nitrogens with zero attached hydrogens (tertiary/aromatic N) is 4. The molecule has 5 nitrogen and oxygen atoms in total. The summed E-state index contributed by atoms with van der Waals surface area (Å²) in [4.78, 5) is 13.1. The fourth-order valence-electron chi connectivity index (χ4n) is 2.87. The van der Waals surface area contributed by atoms with Crippen LogP contribution in [0.1, 0.15) is 17.3 Å². The first-order valence-corrected chi connectivity index (χ1v) is 7.83. The number of hydrogen-bond acceptors (Lipinski definition) is 5. The van der Waals surface area contributed by atoms with E-state index in [1.165, 1.54) is 6.07 Å². The number of nitrogens with one attached hydrogen (secondary N) is 1. The van der Waals surface area contributed by atoms with E-state index in [1.807, 2.05) is 31.1 Å². The normalized spacial score (nSPS) is 18.0. The van der Waals surface area contributed by atoms with Gasteiger partial charge in [-0.05, 0) is 23.8 Å². The van der Waals surface area contributed by atoms with E-state index in [0.717, 1.165) is 37.4 Å². The highest BCUT2D eigenvalue weighted by molar-refractivity contribution is 5.85. The van der Waals surface area contributed by atoms with Crippen molar-refractivity contribution in [3.8, 4) is 0 Å². The van der Waals surface area contributed by atoms with Crippen LogP contribution >= 0.6 is 12.4 Å². The highest BCUT2D eigenvalue weighted by Crippen LogP contribution is 2.24. The van der Waals surface area contributed by atoms with Crippen molar-refractivity contribution in [1.82, 2.24) is 20.2 Å². The predicted octanol–water partition coefficient (Wildman–Crippen LogP) is 2.25. The van der Waals surface area contributed by atoms with Crippen molar-refractivity contribution >= 4 is 18.4 Å². The summed E-state index contributed by atoms with van der Waals surface area (Å²) in [5.74, 6) is 0.518. The number of hydrogen-bond donors (Lipinski definition) is 1. The van der Waals surface area contributed by atoms with Gasteiger partial charge in [0.05, 0.1) is 5.69 Å². The van der Waals surface area contributed by atoms with Crippen LogP contribution in [0.2, 0.25) is 0 Å². The van der Waals surface area contributed by atoms with E-state index in [0.29, 0.717) is 5.95 Å². The maximum absolute atomic E-state index is 13.6. The molecule has 7 heteroatoms. The molecule has 2 aromatic rings. The topological polar surface area (TPSA) is 44.3 Å². The summed E-state index contributed by atoms with van der Waals surface area (Å²) in [5, 5.41) is 3.39. The summed E-state index contributed by atoms with van der Waals surface area (Å²) in [6.07, 6.45) is 1.79. The molecule has 1 saturated heterocycles. The molecule has 24 heavy (non-hydrogen) atoms. The lowest BCUT2D eigenvalue weighted by Crippen LogP contribution is -2.45. The number of benzene rings is 1. The van der Waals surface area contributed by atoms with E-state index in [4.69, 9.17) is 0 Å². The first-order valence-electron chi connectivity index (χ1n) is 7.83. The Labute approximate surface area is 148 Å². The molecule has 0 bridgehead atoms. The van der Waals surface area contributed by atoms with Crippen LogP contribution in [-0.2, 0) is 6.54 Å². The van der Waals surface area contributed by atoms with Gasteiger partial charge in [0.15, 0.2) is 0 Å². The molecule has 1 aliphatic rings. The summed E-state index contributed by atoms with van der Waals surface area (Å²) in [6, 6.07) is 8.95. The van der Waals surface area contributed by atoms with Gasteiger partial charge in [-0.15, -0.1) is 12.4 Å². The standard InChI is InChI=1S/C17H22FN5.ClH/c1-22(2)17-20-7-6-15(21-17)12-23-9-8-19-11-16(23)13-4-3-5-14(18)10-13;/h3-7,10,16,19H,8-9,11-12H2,1-2H3;1H. The Kier molecular flexibility index (Phi) is 6.48. The van der Waals surface area contributed by atoms with Crippen LogP contribution in [0.3, 0.4) is 0 Å². The highest BCUT2D eigenvalue weighted by atomic mass is 35.5. The Morgan fingerprint density at radius 3 is 2.92 bits per heavy atom. The maximum Gasteiger partial charge on any atom is 0.225 e. The summed E-state index contributed by atoms with van der Waals surface area (Å²) < 4.78 is 13.6. The van der Waals surface area contributed by atoms with E-state index >= 15 is 0 Å². The van der Waals surface area contributed by atoms with Crippen molar-refractivity contribution < 1.29 is 4.39 Å². The molecule has 1 atom stereocenters. The van der Waals surface area contributed by atoms with E-state index in [9.17, 15) is 4.39 Å². The van der Waals surface area contributed by atoms with Crippen LogP contribution in [0.15, 0.2) is 36.5 Å². The van der Waals surface area contributed by atoms with Crippen LogP contribution in [0, 0.1) is 5.82 Å². The first-order chi connectivity index (χ1) is 11.1. The van der Waals surface area contributed by atoms with Gasteiger partial charge in [-0.3, -0.25) is 4.90 Å². The van der Waals surface area contributed by atoms with Gasteiger partial charge in [0, 0.05) is 52.5 Å². The van der Waals surface area contributed by atoms with E-state index in [-0.39, 0.29) is 24.3 Å². The van der Waals surface area contributed by atoms with Gasteiger partial charge in [0.1, 0.15) is 5.82 Å². The molecule has 0 amide bonds. The number of rotatable bonds is 4. The molecule has 0 radical (unpaired) electrons. The van der Waals surface area contributed by atoms with Crippen LogP contribution in [0.25, 0.3) is 0 Å². The van der Waals surface area contributed by atoms with Crippen molar-refractivity contribution in [2.45, 2.75) is 12.6 Å². The lowest BCUT2D eigenvalue weighted by atomic mass is 10.0. The minimum atomic E-state index is -0.190. The molecule has 2 heterocycles. The zero-order valence-corrected chi connectivity index (χ0v) is 14.8. The number of piperazine rings is 1. The SMILES string of the molecule is CN(C)c1nccc(CN2CCNCC2c2cccc(F)c2)n1.Cl. The average molecular weight is 352 g/mol. The molecular formula is C17H23ClFN5. The van der Waals surface area contributed by atoms with Crippen molar-refractivity contribution in [3.05, 3.63) is 53.6 Å². The fourth-order valence-corrected chi connectivity index (χ4v) is 2.87. The van der Waals surface area contributed by atoms with Crippen molar-refractivity contribution in [3.63, 3.8) is 0 Å². The minimum Gasteiger partial charge on any atom is -0.347 e. The van der Waals surface area contributed by atoms with Gasteiger partial charge in [-0.2, -0.15) is 0 Å². The summed E-state index contributed by atoms with van der Waals surface area (Å²) in [7, 11) is 3.86. The monoisotopic (exact) mass is 351 g/mol. The molecule has 130 valence electrons. The largest absolute Gasteiger partial charge is 0.347 e. The number of aromatic nitrogens is 2. The highest BCUT2D eigenvalue weighted by Gasteiger charge is 2.24. The number of anilines is 1. The van der Waals surface area contributed by atoms with Crippen LogP contribution in [0.5, 0.6) is 0 Å². The Morgan fingerprint density at radius 2 is 2.17 bits per heavy atom. The average Bonchev–Trinajstić information content (AvgIpc) is 2.55. The van der Waals surface area contributed by atoms with E-state index in [2.05, 4.69) is 20.2 Å². The Hall–Kier alpha value is -1.76. The second-order valence-corrected chi connectivity index (χ2v) is 5.99. The zero-order chi connectivity index (χ0) is 16.2. The van der Waals surface area contributed by atoms with E-state index in [1.54, 1.807) is 18.3 Å². The minimum absolute atomic E-state index is 0. The van der Waals surface area contributed by atoms with Gasteiger partial charge in [0.25, 0.3) is 0 Å². The van der Waals surface area contributed by atoms with E-state index < -0.39 is 0 Å². The van der Waals surface area contributed by atoms with Crippen molar-refractivity contribution in [1.29, 1.82) is 0 Å². The first kappa shape index (κ1) is 18.6. The fraction of sp³-hybridized carbons (Fsp3) is 0.412. The van der Waals surface area contributed by atoms with Gasteiger partial charge in [-0.1, -0.05) is 12.1 Å². The summed E-state index contributed by atoms with van der Waals surface area (Å²) >= 11 is 0. The Morgan fingerprint density at radius 1 is 1.33 bits per heavy atom. The van der Waals surface area contributed by atoms with Gasteiger partial charge >= 0.3 is 0 Å². The van der Waals surface area contributed by atoms with Crippen LogP contribution in [0.4, 0.5) is 10.3 Å². The van der Waals surface area contributed by atoms with Crippen LogP contribution < -0.4 is 10.2 Å². The molecule has 1 aromatic carbocycles. The zero-order valence-electron chi connectivity index (χ0n) is 13.9.